The molecule has 0 bridgehead atoms. The van der Waals surface area contributed by atoms with Gasteiger partial charge >= 0.3 is 0 Å². The van der Waals surface area contributed by atoms with Gasteiger partial charge < -0.3 is 15.4 Å². The van der Waals surface area contributed by atoms with E-state index in [4.69, 9.17) is 17.0 Å². The number of methoxy groups -OCH3 is 1. The van der Waals surface area contributed by atoms with Gasteiger partial charge in [0.15, 0.2) is 5.11 Å². The second kappa shape index (κ2) is 7.03. The first-order valence-corrected chi connectivity index (χ1v) is 6.42. The van der Waals surface area contributed by atoms with Crippen molar-refractivity contribution in [1.82, 2.24) is 5.32 Å². The van der Waals surface area contributed by atoms with Crippen LogP contribution in [-0.4, -0.2) is 24.9 Å². The molecule has 1 unspecified atom stereocenters. The van der Waals surface area contributed by atoms with Crippen LogP contribution in [0.5, 0.6) is 0 Å². The highest BCUT2D eigenvalue weighted by molar-refractivity contribution is 14.1. The minimum absolute atomic E-state index is 0.202. The van der Waals surface area contributed by atoms with E-state index >= 15 is 0 Å². The molecule has 0 saturated carbocycles. The lowest BCUT2D eigenvalue weighted by molar-refractivity contribution is 0.179. The number of nitrogens with one attached hydrogen (secondary N) is 2. The molecule has 5 heteroatoms. The highest BCUT2D eigenvalue weighted by Gasteiger charge is 2.03. The number of anilines is 1. The smallest absolute Gasteiger partial charge is 0.171 e. The van der Waals surface area contributed by atoms with E-state index in [0.29, 0.717) is 11.7 Å². The quantitative estimate of drug-likeness (QED) is 0.646. The molecule has 1 aromatic rings. The predicted molar refractivity (Wildman–Crippen MR) is 79.9 cm³/mol. The van der Waals surface area contributed by atoms with Crippen LogP contribution in [0.2, 0.25) is 0 Å². The molecule has 1 atom stereocenters. The Morgan fingerprint density at radius 3 is 2.94 bits per heavy atom. The fraction of sp³-hybridized carbons (Fsp3) is 0.364. The van der Waals surface area contributed by atoms with Crippen molar-refractivity contribution in [3.05, 3.63) is 27.8 Å². The Hall–Kier alpha value is -0.400. The van der Waals surface area contributed by atoms with Gasteiger partial charge in [0, 0.05) is 22.4 Å². The summed E-state index contributed by atoms with van der Waals surface area (Å²) in [6, 6.07) is 8.25. The molecule has 16 heavy (non-hydrogen) atoms. The summed E-state index contributed by atoms with van der Waals surface area (Å²) in [5.74, 6) is 0. The van der Waals surface area contributed by atoms with Gasteiger partial charge in [0.25, 0.3) is 0 Å². The summed E-state index contributed by atoms with van der Waals surface area (Å²) in [6.45, 7) is 2.65. The van der Waals surface area contributed by atoms with E-state index in [2.05, 4.69) is 33.2 Å². The largest absolute Gasteiger partial charge is 0.383 e. The maximum absolute atomic E-state index is 5.19. The van der Waals surface area contributed by atoms with E-state index < -0.39 is 0 Å². The topological polar surface area (TPSA) is 33.3 Å². The molecule has 0 aliphatic heterocycles. The Labute approximate surface area is 115 Å². The Kier molecular flexibility index (Phi) is 6.00. The number of hydrogen-bond donors (Lipinski definition) is 2. The molecular weight excluding hydrogens is 335 g/mol. The van der Waals surface area contributed by atoms with Crippen LogP contribution in [0.1, 0.15) is 6.92 Å². The number of halogens is 1. The molecule has 3 nitrogen and oxygen atoms in total. The molecule has 0 aliphatic carbocycles. The van der Waals surface area contributed by atoms with Crippen molar-refractivity contribution in [3.63, 3.8) is 0 Å². The van der Waals surface area contributed by atoms with Gasteiger partial charge in [-0.3, -0.25) is 0 Å². The van der Waals surface area contributed by atoms with Gasteiger partial charge in [0.05, 0.1) is 6.61 Å². The van der Waals surface area contributed by atoms with Crippen LogP contribution >= 0.6 is 34.8 Å². The Bertz CT molecular complexity index is 360. The zero-order valence-corrected chi connectivity index (χ0v) is 12.3. The predicted octanol–water partition coefficient (Wildman–Crippen LogP) is 2.61. The van der Waals surface area contributed by atoms with Crippen molar-refractivity contribution in [2.45, 2.75) is 13.0 Å². The molecule has 1 aromatic carbocycles. The zero-order valence-electron chi connectivity index (χ0n) is 9.29. The maximum atomic E-state index is 5.19. The summed E-state index contributed by atoms with van der Waals surface area (Å²) in [5.41, 5.74) is 0.994. The third-order valence-corrected chi connectivity index (χ3v) is 2.77. The minimum atomic E-state index is 0.202. The maximum Gasteiger partial charge on any atom is 0.171 e. The summed E-state index contributed by atoms with van der Waals surface area (Å²) < 4.78 is 6.20. The molecule has 0 saturated heterocycles. The van der Waals surface area contributed by atoms with Gasteiger partial charge in [-0.2, -0.15) is 0 Å². The van der Waals surface area contributed by atoms with E-state index in [-0.39, 0.29) is 6.04 Å². The molecule has 0 amide bonds. The summed E-state index contributed by atoms with van der Waals surface area (Å²) in [4.78, 5) is 0. The molecule has 0 aliphatic rings. The molecule has 0 radical (unpaired) electrons. The van der Waals surface area contributed by atoms with Crippen molar-refractivity contribution in [2.75, 3.05) is 19.0 Å². The fourth-order valence-electron chi connectivity index (χ4n) is 1.25. The van der Waals surface area contributed by atoms with Crippen molar-refractivity contribution in [3.8, 4) is 0 Å². The molecule has 0 spiro atoms. The summed E-state index contributed by atoms with van der Waals surface area (Å²) >= 11 is 7.46. The SMILES string of the molecule is COCC(C)NC(=S)Nc1cccc(I)c1. The van der Waals surface area contributed by atoms with Crippen LogP contribution < -0.4 is 10.6 Å². The number of thiocarbonyl (C=S) groups is 1. The van der Waals surface area contributed by atoms with Gasteiger partial charge in [0.2, 0.25) is 0 Å². The Balaban J connectivity index is 2.45. The number of rotatable bonds is 4. The first kappa shape index (κ1) is 13.7. The zero-order chi connectivity index (χ0) is 12.0. The van der Waals surface area contributed by atoms with E-state index in [1.807, 2.05) is 31.2 Å². The Morgan fingerprint density at radius 1 is 1.56 bits per heavy atom. The molecule has 0 fully saturated rings. The average molecular weight is 350 g/mol. The molecule has 0 aromatic heterocycles. The fourth-order valence-corrected chi connectivity index (χ4v) is 2.11. The number of benzene rings is 1. The van der Waals surface area contributed by atoms with Crippen molar-refractivity contribution in [1.29, 1.82) is 0 Å². The molecule has 2 N–H and O–H groups in total. The van der Waals surface area contributed by atoms with Crippen molar-refractivity contribution in [2.24, 2.45) is 0 Å². The average Bonchev–Trinajstić information content (AvgIpc) is 2.17. The van der Waals surface area contributed by atoms with Gasteiger partial charge in [-0.25, -0.2) is 0 Å². The molecule has 88 valence electrons. The summed E-state index contributed by atoms with van der Waals surface area (Å²) in [5, 5.41) is 6.89. The summed E-state index contributed by atoms with van der Waals surface area (Å²) in [7, 11) is 1.67. The van der Waals surface area contributed by atoms with Crippen LogP contribution in [0, 0.1) is 3.57 Å². The first-order chi connectivity index (χ1) is 7.61. The van der Waals surface area contributed by atoms with Gasteiger partial charge in [-0.1, -0.05) is 6.07 Å². The molecule has 0 heterocycles. The Morgan fingerprint density at radius 2 is 2.31 bits per heavy atom. The minimum Gasteiger partial charge on any atom is -0.383 e. The van der Waals surface area contributed by atoms with E-state index in [9.17, 15) is 0 Å². The van der Waals surface area contributed by atoms with Crippen LogP contribution in [0.15, 0.2) is 24.3 Å². The van der Waals surface area contributed by atoms with Gasteiger partial charge in [-0.15, -0.1) is 0 Å². The first-order valence-electron chi connectivity index (χ1n) is 4.94. The third-order valence-electron chi connectivity index (χ3n) is 1.88. The van der Waals surface area contributed by atoms with Crippen LogP contribution in [-0.2, 0) is 4.74 Å². The van der Waals surface area contributed by atoms with Crippen LogP contribution in [0.4, 0.5) is 5.69 Å². The van der Waals surface area contributed by atoms with E-state index in [1.165, 1.54) is 3.57 Å². The van der Waals surface area contributed by atoms with Crippen molar-refractivity contribution < 1.29 is 4.74 Å². The number of ether oxygens (including phenoxy) is 1. The lowest BCUT2D eigenvalue weighted by Gasteiger charge is -2.16. The highest BCUT2D eigenvalue weighted by atomic mass is 127. The monoisotopic (exact) mass is 350 g/mol. The van der Waals surface area contributed by atoms with Gasteiger partial charge in [-0.05, 0) is 59.9 Å². The summed E-state index contributed by atoms with van der Waals surface area (Å²) in [6.07, 6.45) is 0. The van der Waals surface area contributed by atoms with Crippen molar-refractivity contribution >= 4 is 45.6 Å². The molecular formula is C11H15IN2OS. The number of hydrogen-bond acceptors (Lipinski definition) is 2. The second-order valence-electron chi connectivity index (χ2n) is 3.47. The van der Waals surface area contributed by atoms with E-state index in [0.717, 1.165) is 5.69 Å². The van der Waals surface area contributed by atoms with Crippen LogP contribution in [0.3, 0.4) is 0 Å². The standard InChI is InChI=1S/C11H15IN2OS/c1-8(7-15-2)13-11(16)14-10-5-3-4-9(12)6-10/h3-6,8H,7H2,1-2H3,(H2,13,14,16). The molecule has 1 rings (SSSR count). The lowest BCUT2D eigenvalue weighted by atomic mass is 10.3. The third kappa shape index (κ3) is 5.09. The van der Waals surface area contributed by atoms with E-state index in [1.54, 1.807) is 7.11 Å². The van der Waals surface area contributed by atoms with Crippen LogP contribution in [0.25, 0.3) is 0 Å². The normalized spacial score (nSPS) is 11.9. The van der Waals surface area contributed by atoms with Gasteiger partial charge in [0.1, 0.15) is 0 Å². The highest BCUT2D eigenvalue weighted by Crippen LogP contribution is 2.12. The lowest BCUT2D eigenvalue weighted by Crippen LogP contribution is -2.38. The second-order valence-corrected chi connectivity index (χ2v) is 5.12.